The zero-order valence-corrected chi connectivity index (χ0v) is 16.8. The number of carbonyl (C=O) groups excluding carboxylic acids is 1. The number of rotatable bonds is 7. The maximum absolute atomic E-state index is 11.5. The van der Waals surface area contributed by atoms with Gasteiger partial charge in [0.1, 0.15) is 17.4 Å². The fourth-order valence-electron chi connectivity index (χ4n) is 2.93. The first-order valence-electron chi connectivity index (χ1n) is 8.74. The third kappa shape index (κ3) is 4.97. The molecule has 0 saturated carbocycles. The van der Waals surface area contributed by atoms with Crippen molar-refractivity contribution in [2.45, 2.75) is 25.5 Å². The monoisotopic (exact) mass is 431 g/mol. The van der Waals surface area contributed by atoms with E-state index in [0.29, 0.717) is 17.9 Å². The average Bonchev–Trinajstić information content (AvgIpc) is 3.09. The molecule has 0 radical (unpaired) electrons. The number of carbonyl (C=O) groups is 1. The molecule has 6 heteroatoms. The van der Waals surface area contributed by atoms with Crippen LogP contribution in [0.2, 0.25) is 0 Å². The number of fused-ring (bicyclic) bond motifs is 1. The SMILES string of the molecule is COC(=O)c1ccc(CC(C)NCC(O)c2cc3cc(Br)ccc3o2)cc1. The molecule has 142 valence electrons. The molecule has 2 N–H and O–H groups in total. The fourth-order valence-corrected chi connectivity index (χ4v) is 3.31. The number of halogens is 1. The predicted octanol–water partition coefficient (Wildman–Crippen LogP) is 4.24. The molecule has 2 aromatic carbocycles. The molecular weight excluding hydrogens is 410 g/mol. The summed E-state index contributed by atoms with van der Waals surface area (Å²) in [5.41, 5.74) is 2.39. The van der Waals surface area contributed by atoms with Crippen LogP contribution in [0.1, 0.15) is 34.7 Å². The Morgan fingerprint density at radius 1 is 1.22 bits per heavy atom. The van der Waals surface area contributed by atoms with Gasteiger partial charge in [-0.15, -0.1) is 0 Å². The first-order chi connectivity index (χ1) is 13.0. The van der Waals surface area contributed by atoms with Gasteiger partial charge in [-0.3, -0.25) is 0 Å². The van der Waals surface area contributed by atoms with E-state index in [9.17, 15) is 9.90 Å². The summed E-state index contributed by atoms with van der Waals surface area (Å²) in [6, 6.07) is 15.1. The molecule has 0 aliphatic rings. The normalized spacial score (nSPS) is 13.5. The van der Waals surface area contributed by atoms with Crippen molar-refractivity contribution in [2.75, 3.05) is 13.7 Å². The molecule has 2 unspecified atom stereocenters. The van der Waals surface area contributed by atoms with Gasteiger partial charge in [-0.1, -0.05) is 28.1 Å². The van der Waals surface area contributed by atoms with E-state index in [0.717, 1.165) is 27.4 Å². The highest BCUT2D eigenvalue weighted by molar-refractivity contribution is 9.10. The Bertz CT molecular complexity index is 920. The number of methoxy groups -OCH3 is 1. The summed E-state index contributed by atoms with van der Waals surface area (Å²) < 4.78 is 11.4. The van der Waals surface area contributed by atoms with Gasteiger partial charge in [0.15, 0.2) is 0 Å². The smallest absolute Gasteiger partial charge is 0.337 e. The quantitative estimate of drug-likeness (QED) is 0.547. The van der Waals surface area contributed by atoms with Crippen molar-refractivity contribution < 1.29 is 19.1 Å². The Labute approximate surface area is 166 Å². The van der Waals surface area contributed by atoms with Crippen LogP contribution in [0.25, 0.3) is 11.0 Å². The summed E-state index contributed by atoms with van der Waals surface area (Å²) in [5, 5.41) is 14.7. The van der Waals surface area contributed by atoms with E-state index in [2.05, 4.69) is 28.2 Å². The van der Waals surface area contributed by atoms with Crippen LogP contribution in [0.3, 0.4) is 0 Å². The number of furan rings is 1. The van der Waals surface area contributed by atoms with E-state index in [1.165, 1.54) is 7.11 Å². The summed E-state index contributed by atoms with van der Waals surface area (Å²) in [6.07, 6.45) is 0.0571. The van der Waals surface area contributed by atoms with Crippen molar-refractivity contribution in [3.05, 3.63) is 69.9 Å². The lowest BCUT2D eigenvalue weighted by atomic mass is 10.0. The van der Waals surface area contributed by atoms with E-state index < -0.39 is 6.10 Å². The van der Waals surface area contributed by atoms with Gasteiger partial charge < -0.3 is 19.6 Å². The molecule has 27 heavy (non-hydrogen) atoms. The molecule has 3 rings (SSSR count). The highest BCUT2D eigenvalue weighted by Crippen LogP contribution is 2.26. The zero-order chi connectivity index (χ0) is 19.4. The number of nitrogens with one attached hydrogen (secondary N) is 1. The lowest BCUT2D eigenvalue weighted by Crippen LogP contribution is -2.31. The zero-order valence-electron chi connectivity index (χ0n) is 15.2. The molecule has 0 fully saturated rings. The second kappa shape index (κ2) is 8.69. The minimum absolute atomic E-state index is 0.155. The molecule has 0 aliphatic carbocycles. The second-order valence-corrected chi connectivity index (χ2v) is 7.46. The van der Waals surface area contributed by atoms with Crippen LogP contribution < -0.4 is 5.32 Å². The van der Waals surface area contributed by atoms with Crippen LogP contribution in [0.5, 0.6) is 0 Å². The number of aliphatic hydroxyl groups excluding tert-OH is 1. The Balaban J connectivity index is 1.54. The molecule has 0 spiro atoms. The summed E-state index contributed by atoms with van der Waals surface area (Å²) >= 11 is 3.43. The molecule has 0 aliphatic heterocycles. The average molecular weight is 432 g/mol. The van der Waals surface area contributed by atoms with Gasteiger partial charge in [-0.05, 0) is 55.3 Å². The van der Waals surface area contributed by atoms with Crippen molar-refractivity contribution in [3.63, 3.8) is 0 Å². The number of aliphatic hydroxyl groups is 1. The minimum atomic E-state index is -0.722. The van der Waals surface area contributed by atoms with Gasteiger partial charge in [-0.2, -0.15) is 0 Å². The van der Waals surface area contributed by atoms with Gasteiger partial charge in [0, 0.05) is 22.4 Å². The van der Waals surface area contributed by atoms with Crippen molar-refractivity contribution in [2.24, 2.45) is 0 Å². The Morgan fingerprint density at radius 3 is 2.67 bits per heavy atom. The number of benzene rings is 2. The summed E-state index contributed by atoms with van der Waals surface area (Å²) in [5.74, 6) is 0.207. The lowest BCUT2D eigenvalue weighted by Gasteiger charge is -2.16. The van der Waals surface area contributed by atoms with Crippen LogP contribution in [0.4, 0.5) is 0 Å². The minimum Gasteiger partial charge on any atom is -0.465 e. The van der Waals surface area contributed by atoms with Crippen molar-refractivity contribution in [1.29, 1.82) is 0 Å². The van der Waals surface area contributed by atoms with Crippen LogP contribution in [0, 0.1) is 0 Å². The standard InChI is InChI=1S/C21H22BrNO4/c1-13(9-14-3-5-15(6-4-14)21(25)26-2)23-12-18(24)20-11-16-10-17(22)7-8-19(16)27-20/h3-8,10-11,13,18,23-24H,9,12H2,1-2H3. The van der Waals surface area contributed by atoms with Gasteiger partial charge in [0.2, 0.25) is 0 Å². The Morgan fingerprint density at radius 2 is 1.96 bits per heavy atom. The molecular formula is C21H22BrNO4. The van der Waals surface area contributed by atoms with Crippen molar-refractivity contribution >= 4 is 32.9 Å². The maximum Gasteiger partial charge on any atom is 0.337 e. The van der Waals surface area contributed by atoms with E-state index in [1.54, 1.807) is 12.1 Å². The number of ether oxygens (including phenoxy) is 1. The third-order valence-electron chi connectivity index (χ3n) is 4.40. The first-order valence-corrected chi connectivity index (χ1v) is 9.53. The van der Waals surface area contributed by atoms with Gasteiger partial charge >= 0.3 is 5.97 Å². The van der Waals surface area contributed by atoms with Crippen molar-refractivity contribution in [3.8, 4) is 0 Å². The van der Waals surface area contributed by atoms with E-state index >= 15 is 0 Å². The molecule has 0 saturated heterocycles. The fraction of sp³-hybridized carbons (Fsp3) is 0.286. The van der Waals surface area contributed by atoms with Gasteiger partial charge in [-0.25, -0.2) is 4.79 Å². The number of hydrogen-bond donors (Lipinski definition) is 2. The van der Waals surface area contributed by atoms with Crippen LogP contribution >= 0.6 is 15.9 Å². The maximum atomic E-state index is 11.5. The molecule has 1 heterocycles. The van der Waals surface area contributed by atoms with Crippen LogP contribution in [-0.2, 0) is 11.2 Å². The van der Waals surface area contributed by atoms with Crippen molar-refractivity contribution in [1.82, 2.24) is 5.32 Å². The molecule has 0 amide bonds. The molecule has 2 atom stereocenters. The molecule has 3 aromatic rings. The summed E-state index contributed by atoms with van der Waals surface area (Å²) in [4.78, 5) is 11.5. The van der Waals surface area contributed by atoms with Crippen LogP contribution in [0.15, 0.2) is 57.4 Å². The summed E-state index contributed by atoms with van der Waals surface area (Å²) in [7, 11) is 1.37. The second-order valence-electron chi connectivity index (χ2n) is 6.55. The predicted molar refractivity (Wildman–Crippen MR) is 108 cm³/mol. The Kier molecular flexibility index (Phi) is 6.31. The molecule has 0 bridgehead atoms. The largest absolute Gasteiger partial charge is 0.465 e. The first kappa shape index (κ1) is 19.6. The lowest BCUT2D eigenvalue weighted by molar-refractivity contribution is 0.0600. The van der Waals surface area contributed by atoms with E-state index in [-0.39, 0.29) is 12.0 Å². The number of hydrogen-bond acceptors (Lipinski definition) is 5. The van der Waals surface area contributed by atoms with Gasteiger partial charge in [0.25, 0.3) is 0 Å². The summed E-state index contributed by atoms with van der Waals surface area (Å²) in [6.45, 7) is 2.44. The third-order valence-corrected chi connectivity index (χ3v) is 4.90. The topological polar surface area (TPSA) is 71.7 Å². The Hall–Kier alpha value is -2.15. The van der Waals surface area contributed by atoms with E-state index in [1.807, 2.05) is 36.4 Å². The molecule has 5 nitrogen and oxygen atoms in total. The van der Waals surface area contributed by atoms with Gasteiger partial charge in [0.05, 0.1) is 12.7 Å². The van der Waals surface area contributed by atoms with E-state index in [4.69, 9.17) is 9.15 Å². The highest BCUT2D eigenvalue weighted by Gasteiger charge is 2.15. The van der Waals surface area contributed by atoms with Crippen LogP contribution in [-0.4, -0.2) is 30.8 Å². The highest BCUT2D eigenvalue weighted by atomic mass is 79.9. The molecule has 1 aromatic heterocycles. The number of esters is 1.